The maximum absolute atomic E-state index is 15.0. The quantitative estimate of drug-likeness (QED) is 0.357. The topological polar surface area (TPSA) is 47.5 Å². The Labute approximate surface area is 167 Å². The Balaban J connectivity index is 1.85. The van der Waals surface area contributed by atoms with Crippen LogP contribution in [0.25, 0.3) is 10.9 Å². The van der Waals surface area contributed by atoms with Gasteiger partial charge in [0, 0.05) is 19.1 Å². The lowest BCUT2D eigenvalue weighted by Crippen LogP contribution is -2.39. The number of fused-ring (bicyclic) bond motifs is 4. The molecule has 138 valence electrons. The molecule has 4 heterocycles. The van der Waals surface area contributed by atoms with Crippen molar-refractivity contribution in [1.29, 1.82) is 0 Å². The summed E-state index contributed by atoms with van der Waals surface area (Å²) in [5.74, 6) is 0.690. The molecule has 2 aromatic rings. The largest absolute Gasteiger partial charge is 0.491 e. The van der Waals surface area contributed by atoms with Crippen LogP contribution >= 0.6 is 39.3 Å². The molecule has 1 aromatic carbocycles. The van der Waals surface area contributed by atoms with E-state index in [2.05, 4.69) is 25.8 Å². The summed E-state index contributed by atoms with van der Waals surface area (Å²) in [6.07, 6.45) is 4.82. The van der Waals surface area contributed by atoms with E-state index in [1.807, 2.05) is 6.26 Å². The Kier molecular flexibility index (Phi) is 4.23. The van der Waals surface area contributed by atoms with Crippen molar-refractivity contribution in [2.24, 2.45) is 0 Å². The summed E-state index contributed by atoms with van der Waals surface area (Å²) in [6.45, 7) is 1.26. The summed E-state index contributed by atoms with van der Waals surface area (Å²) in [5, 5.41) is 1.33. The number of halogens is 3. The zero-order valence-corrected chi connectivity index (χ0v) is 17.1. The lowest BCUT2D eigenvalue weighted by Gasteiger charge is -2.33. The fourth-order valence-corrected chi connectivity index (χ4v) is 5.30. The zero-order valence-electron chi connectivity index (χ0n) is 14.0. The van der Waals surface area contributed by atoms with Crippen LogP contribution in [-0.2, 0) is 4.74 Å². The summed E-state index contributed by atoms with van der Waals surface area (Å²) in [7, 11) is 0. The first-order valence-electron chi connectivity index (χ1n) is 8.55. The highest BCUT2D eigenvalue weighted by atomic mass is 79.9. The van der Waals surface area contributed by atoms with E-state index in [0.717, 1.165) is 25.9 Å². The molecule has 0 spiro atoms. The van der Waals surface area contributed by atoms with E-state index < -0.39 is 5.82 Å². The Morgan fingerprint density at radius 1 is 1.31 bits per heavy atom. The van der Waals surface area contributed by atoms with E-state index >= 15 is 4.39 Å². The third kappa shape index (κ3) is 2.38. The van der Waals surface area contributed by atoms with Crippen LogP contribution in [0.15, 0.2) is 9.63 Å². The molecule has 0 radical (unpaired) electrons. The maximum Gasteiger partial charge on any atom is 0.189 e. The van der Waals surface area contributed by atoms with Gasteiger partial charge in [-0.1, -0.05) is 23.4 Å². The van der Waals surface area contributed by atoms with Gasteiger partial charge >= 0.3 is 0 Å². The van der Waals surface area contributed by atoms with Gasteiger partial charge < -0.3 is 14.4 Å². The first kappa shape index (κ1) is 17.3. The third-order valence-corrected chi connectivity index (χ3v) is 7.32. The second-order valence-electron chi connectivity index (χ2n) is 6.73. The number of hydrogen-bond acceptors (Lipinski definition) is 6. The van der Waals surface area contributed by atoms with Crippen molar-refractivity contribution in [2.75, 3.05) is 24.4 Å². The van der Waals surface area contributed by atoms with Crippen LogP contribution in [0.4, 0.5) is 10.2 Å². The zero-order chi connectivity index (χ0) is 18.0. The molecule has 0 amide bonds. The molecule has 26 heavy (non-hydrogen) atoms. The molecular weight excluding hydrogens is 445 g/mol. The predicted molar refractivity (Wildman–Crippen MR) is 103 cm³/mol. The average Bonchev–Trinajstić information content (AvgIpc) is 3.20. The molecule has 3 aliphatic rings. The first-order valence-corrected chi connectivity index (χ1v) is 10.9. The predicted octanol–water partition coefficient (Wildman–Crippen LogP) is 4.43. The molecule has 0 unspecified atom stereocenters. The minimum Gasteiger partial charge on any atom is -0.491 e. The minimum atomic E-state index is -0.480. The summed E-state index contributed by atoms with van der Waals surface area (Å²) < 4.78 is 27.1. The highest BCUT2D eigenvalue weighted by molar-refractivity contribution is 9.10. The van der Waals surface area contributed by atoms with E-state index in [1.54, 1.807) is 0 Å². The highest BCUT2D eigenvalue weighted by Gasteiger charge is 2.47. The number of hydrogen-bond donors (Lipinski definition) is 0. The van der Waals surface area contributed by atoms with Gasteiger partial charge in [0.25, 0.3) is 0 Å². The van der Waals surface area contributed by atoms with Crippen LogP contribution in [0.5, 0.6) is 5.75 Å². The van der Waals surface area contributed by atoms with Crippen LogP contribution in [-0.4, -0.2) is 47.6 Å². The molecule has 2 saturated heterocycles. The van der Waals surface area contributed by atoms with Crippen LogP contribution in [0.1, 0.15) is 19.3 Å². The molecule has 0 bridgehead atoms. The van der Waals surface area contributed by atoms with Crippen molar-refractivity contribution in [2.45, 2.75) is 42.6 Å². The molecule has 9 heteroatoms. The highest BCUT2D eigenvalue weighted by Crippen LogP contribution is 2.49. The molecule has 5 rings (SSSR count). The van der Waals surface area contributed by atoms with Crippen molar-refractivity contribution in [3.05, 3.63) is 15.3 Å². The maximum atomic E-state index is 15.0. The van der Waals surface area contributed by atoms with E-state index in [9.17, 15) is 0 Å². The van der Waals surface area contributed by atoms with E-state index in [1.165, 1.54) is 11.8 Å². The van der Waals surface area contributed by atoms with Crippen LogP contribution in [0.2, 0.25) is 5.02 Å². The van der Waals surface area contributed by atoms with Crippen molar-refractivity contribution in [1.82, 2.24) is 9.97 Å². The van der Waals surface area contributed by atoms with Crippen molar-refractivity contribution >= 4 is 56.0 Å². The van der Waals surface area contributed by atoms with Gasteiger partial charge in [-0.3, -0.25) is 0 Å². The number of thioether (sulfide) groups is 1. The number of aromatic nitrogens is 2. The standard InChI is InChI=1S/C17H16BrClFN3O2S/c1-26-17-21-14-10-15(12(19)11(18)13(14)20)25-4-2-7-6-9-8(3-5-24-9)23(7)16(10)22-17/h7-9H,2-6H2,1H3/t7-,8+,9+/m1/s1. The number of benzene rings is 1. The molecule has 3 aliphatic heterocycles. The van der Waals surface area contributed by atoms with Crippen LogP contribution in [0, 0.1) is 5.82 Å². The van der Waals surface area contributed by atoms with Gasteiger partial charge in [0.15, 0.2) is 16.7 Å². The fraction of sp³-hybridized carbons (Fsp3) is 0.529. The first-order chi connectivity index (χ1) is 12.6. The smallest absolute Gasteiger partial charge is 0.189 e. The van der Waals surface area contributed by atoms with Gasteiger partial charge in [-0.15, -0.1) is 0 Å². The van der Waals surface area contributed by atoms with Crippen LogP contribution in [0.3, 0.4) is 0 Å². The fourth-order valence-electron chi connectivity index (χ4n) is 4.34. The van der Waals surface area contributed by atoms with E-state index in [4.69, 9.17) is 26.1 Å². The number of anilines is 1. The summed E-state index contributed by atoms with van der Waals surface area (Å²) >= 11 is 11.1. The Bertz CT molecular complexity index is 918. The lowest BCUT2D eigenvalue weighted by molar-refractivity contribution is 0.109. The van der Waals surface area contributed by atoms with E-state index in [-0.39, 0.29) is 33.2 Å². The number of ether oxygens (including phenoxy) is 2. The monoisotopic (exact) mass is 459 g/mol. The van der Waals surface area contributed by atoms with Crippen LogP contribution < -0.4 is 9.64 Å². The van der Waals surface area contributed by atoms with Gasteiger partial charge in [0.05, 0.1) is 28.6 Å². The van der Waals surface area contributed by atoms with Gasteiger partial charge in [0.2, 0.25) is 0 Å². The third-order valence-electron chi connectivity index (χ3n) is 5.44. The lowest BCUT2D eigenvalue weighted by atomic mass is 10.1. The van der Waals surface area contributed by atoms with Gasteiger partial charge in [0.1, 0.15) is 16.4 Å². The van der Waals surface area contributed by atoms with E-state index in [0.29, 0.717) is 28.7 Å². The molecule has 0 aliphatic carbocycles. The molecule has 2 fully saturated rings. The van der Waals surface area contributed by atoms with Crippen molar-refractivity contribution < 1.29 is 13.9 Å². The summed E-state index contributed by atoms with van der Waals surface area (Å²) in [6, 6.07) is 0.515. The summed E-state index contributed by atoms with van der Waals surface area (Å²) in [4.78, 5) is 11.5. The molecule has 0 N–H and O–H groups in total. The van der Waals surface area contributed by atoms with Crippen molar-refractivity contribution in [3.8, 4) is 5.75 Å². The summed E-state index contributed by atoms with van der Waals surface area (Å²) in [5.41, 5.74) is 0.244. The molecule has 1 aromatic heterocycles. The molecular formula is C17H16BrClFN3O2S. The number of nitrogens with zero attached hydrogens (tertiary/aromatic N) is 3. The minimum absolute atomic E-state index is 0.180. The van der Waals surface area contributed by atoms with Gasteiger partial charge in [-0.05, 0) is 35.0 Å². The SMILES string of the molecule is CSc1nc2c3c(c(Cl)c(Br)c(F)c3n1)OCC[C@@H]1C[C@@H]3OCC[C@@H]3N21. The Morgan fingerprint density at radius 2 is 2.15 bits per heavy atom. The Morgan fingerprint density at radius 3 is 2.96 bits per heavy atom. The van der Waals surface area contributed by atoms with Gasteiger partial charge in [-0.2, -0.15) is 0 Å². The molecule has 0 saturated carbocycles. The normalized spacial score (nSPS) is 27.1. The average molecular weight is 461 g/mol. The van der Waals surface area contributed by atoms with Crippen molar-refractivity contribution in [3.63, 3.8) is 0 Å². The molecule has 3 atom stereocenters. The second-order valence-corrected chi connectivity index (χ2v) is 8.67. The second kappa shape index (κ2) is 6.36. The van der Waals surface area contributed by atoms with Gasteiger partial charge in [-0.25, -0.2) is 14.4 Å². The molecule has 5 nitrogen and oxygen atoms in total. The Hall–Kier alpha value is -0.830. The number of rotatable bonds is 1.